The van der Waals surface area contributed by atoms with Gasteiger partial charge in [0, 0.05) is 16.9 Å². The highest BCUT2D eigenvalue weighted by molar-refractivity contribution is 8.00. The molecule has 3 aliphatic rings. The van der Waals surface area contributed by atoms with Crippen LogP contribution < -0.4 is 5.73 Å². The molecule has 1 unspecified atom stereocenters. The maximum Gasteiger partial charge on any atom is 0.313 e. The van der Waals surface area contributed by atoms with Crippen LogP contribution in [0.5, 0.6) is 0 Å². The van der Waals surface area contributed by atoms with Gasteiger partial charge in [0.05, 0.1) is 0 Å². The number of hydrogen-bond donors (Lipinski definition) is 2. The summed E-state index contributed by atoms with van der Waals surface area (Å²) in [6.45, 7) is 3.93. The van der Waals surface area contributed by atoms with Crippen LogP contribution in [0.2, 0.25) is 0 Å². The highest BCUT2D eigenvalue weighted by Crippen LogP contribution is 2.58. The predicted molar refractivity (Wildman–Crippen MR) is 79.4 cm³/mol. The van der Waals surface area contributed by atoms with E-state index < -0.39 is 11.5 Å². The van der Waals surface area contributed by atoms with Crippen molar-refractivity contribution in [3.63, 3.8) is 0 Å². The minimum absolute atomic E-state index is 0.00338. The monoisotopic (exact) mass is 313 g/mol. The van der Waals surface area contributed by atoms with E-state index in [0.717, 1.165) is 19.3 Å². The molecule has 1 saturated heterocycles. The molecule has 1 aliphatic heterocycles. The predicted octanol–water partition coefficient (Wildman–Crippen LogP) is 0.932. The average Bonchev–Trinajstić information content (AvgIpc) is 2.85. The number of hydrogen-bond acceptors (Lipinski definition) is 5. The van der Waals surface area contributed by atoms with Gasteiger partial charge in [0.15, 0.2) is 0 Å². The topological polar surface area (TPSA) is 89.6 Å². The van der Waals surface area contributed by atoms with Gasteiger partial charge < -0.3 is 15.6 Å². The van der Waals surface area contributed by atoms with Crippen molar-refractivity contribution >= 4 is 23.6 Å². The van der Waals surface area contributed by atoms with E-state index in [1.807, 2.05) is 0 Å². The van der Waals surface area contributed by atoms with Crippen LogP contribution in [0.3, 0.4) is 0 Å². The quantitative estimate of drug-likeness (QED) is 0.754. The smallest absolute Gasteiger partial charge is 0.313 e. The van der Waals surface area contributed by atoms with Crippen LogP contribution in [0.4, 0.5) is 0 Å². The lowest BCUT2D eigenvalue weighted by molar-refractivity contribution is -0.145. The second kappa shape index (κ2) is 5.16. The van der Waals surface area contributed by atoms with E-state index in [2.05, 4.69) is 6.92 Å². The van der Waals surface area contributed by atoms with Gasteiger partial charge in [0.1, 0.15) is 17.6 Å². The van der Waals surface area contributed by atoms with Gasteiger partial charge in [-0.3, -0.25) is 9.59 Å². The Kier molecular flexibility index (Phi) is 3.72. The van der Waals surface area contributed by atoms with Crippen LogP contribution in [0.25, 0.3) is 0 Å². The fourth-order valence-electron chi connectivity index (χ4n) is 4.30. The van der Waals surface area contributed by atoms with Crippen LogP contribution in [0, 0.1) is 23.7 Å². The number of nitrogens with two attached hydrogens (primary N) is 1. The summed E-state index contributed by atoms with van der Waals surface area (Å²) < 4.78 is 5.44. The second-order valence-corrected chi connectivity index (χ2v) is 8.09. The molecule has 118 valence electrons. The number of primary amides is 1. The molecule has 7 atom stereocenters. The lowest BCUT2D eigenvalue weighted by Crippen LogP contribution is -2.55. The van der Waals surface area contributed by atoms with Crippen molar-refractivity contribution in [2.45, 2.75) is 50.1 Å². The first-order valence-corrected chi connectivity index (χ1v) is 8.74. The largest absolute Gasteiger partial charge is 0.459 e. The van der Waals surface area contributed by atoms with E-state index >= 15 is 0 Å². The van der Waals surface area contributed by atoms with Crippen LogP contribution in [-0.4, -0.2) is 39.7 Å². The first-order chi connectivity index (χ1) is 9.85. The van der Waals surface area contributed by atoms with E-state index in [1.54, 1.807) is 18.7 Å². The number of carbonyl (C=O) groups is 2. The summed E-state index contributed by atoms with van der Waals surface area (Å²) in [4.78, 5) is 23.4. The Morgan fingerprint density at radius 1 is 1.57 bits per heavy atom. The van der Waals surface area contributed by atoms with Crippen molar-refractivity contribution in [3.05, 3.63) is 0 Å². The molecule has 3 N–H and O–H groups in total. The Labute approximate surface area is 129 Å². The van der Waals surface area contributed by atoms with E-state index in [1.165, 1.54) is 0 Å². The van der Waals surface area contributed by atoms with Crippen LogP contribution in [-0.2, 0) is 14.3 Å². The molecule has 0 bridgehead atoms. The molecule has 0 aromatic rings. The van der Waals surface area contributed by atoms with Crippen molar-refractivity contribution in [2.24, 2.45) is 29.4 Å². The molecule has 5 nitrogen and oxygen atoms in total. The number of aliphatic hydroxyl groups is 1. The number of amides is 1. The molecule has 1 amide bonds. The third kappa shape index (κ3) is 2.18. The molecule has 21 heavy (non-hydrogen) atoms. The molecule has 0 radical (unpaired) electrons. The standard InChI is InChI=1S/C15H23NO4S/c1-7-5-9-3-4-10-15(9,19)11(14(18)20-10)12(7)21-6-8(2)13(16)17/h7-12,19H,3-6H2,1-2H3,(H2,16,17)/t7-,8-,9+,10+,11?,12+,15+/m0/s1. The fourth-order valence-corrected chi connectivity index (χ4v) is 5.94. The Hall–Kier alpha value is -0.750. The maximum absolute atomic E-state index is 12.3. The highest BCUT2D eigenvalue weighted by atomic mass is 32.2. The van der Waals surface area contributed by atoms with Crippen molar-refractivity contribution in [1.82, 2.24) is 0 Å². The first-order valence-electron chi connectivity index (χ1n) is 7.69. The van der Waals surface area contributed by atoms with Gasteiger partial charge in [-0.2, -0.15) is 11.8 Å². The molecule has 3 fully saturated rings. The van der Waals surface area contributed by atoms with E-state index in [4.69, 9.17) is 10.5 Å². The number of ether oxygens (including phenoxy) is 1. The van der Waals surface area contributed by atoms with Gasteiger partial charge in [-0.25, -0.2) is 0 Å². The molecule has 3 rings (SSSR count). The number of rotatable bonds is 4. The zero-order chi connectivity index (χ0) is 15.4. The normalized spacial score (nSPS) is 46.0. The van der Waals surface area contributed by atoms with Crippen LogP contribution in [0.1, 0.15) is 33.1 Å². The Morgan fingerprint density at radius 3 is 2.95 bits per heavy atom. The number of thioether (sulfide) groups is 1. The third-order valence-corrected chi connectivity index (χ3v) is 7.34. The summed E-state index contributed by atoms with van der Waals surface area (Å²) in [5, 5.41) is 11.1. The lowest BCUT2D eigenvalue weighted by Gasteiger charge is -2.44. The molecule has 0 aromatic heterocycles. The van der Waals surface area contributed by atoms with Gasteiger partial charge in [-0.1, -0.05) is 13.8 Å². The molecule has 2 saturated carbocycles. The molecule has 0 aromatic carbocycles. The maximum atomic E-state index is 12.3. The number of esters is 1. The Morgan fingerprint density at radius 2 is 2.29 bits per heavy atom. The zero-order valence-corrected chi connectivity index (χ0v) is 13.3. The van der Waals surface area contributed by atoms with Gasteiger partial charge >= 0.3 is 5.97 Å². The van der Waals surface area contributed by atoms with Crippen molar-refractivity contribution in [1.29, 1.82) is 0 Å². The van der Waals surface area contributed by atoms with Gasteiger partial charge in [-0.05, 0) is 31.1 Å². The van der Waals surface area contributed by atoms with Crippen molar-refractivity contribution in [2.75, 3.05) is 5.75 Å². The molecule has 0 spiro atoms. The van der Waals surface area contributed by atoms with Gasteiger partial charge in [0.25, 0.3) is 0 Å². The molecule has 2 aliphatic carbocycles. The minimum Gasteiger partial charge on any atom is -0.459 e. The lowest BCUT2D eigenvalue weighted by atomic mass is 9.66. The Balaban J connectivity index is 1.80. The van der Waals surface area contributed by atoms with Gasteiger partial charge in [0.2, 0.25) is 5.91 Å². The van der Waals surface area contributed by atoms with E-state index in [0.29, 0.717) is 11.7 Å². The SMILES string of the molecule is C[C@@H](CS[C@H]1C2C(=O)O[C@@H]3CC[C@H](C[C@@H]1C)[C@]23O)C(N)=O. The fraction of sp³-hybridized carbons (Fsp3) is 0.867. The third-order valence-electron chi connectivity index (χ3n) is 5.53. The zero-order valence-electron chi connectivity index (χ0n) is 12.5. The van der Waals surface area contributed by atoms with Crippen molar-refractivity contribution in [3.8, 4) is 0 Å². The van der Waals surface area contributed by atoms with E-state index in [9.17, 15) is 14.7 Å². The van der Waals surface area contributed by atoms with Crippen LogP contribution in [0.15, 0.2) is 0 Å². The molecular formula is C15H23NO4S. The number of carbonyl (C=O) groups excluding carboxylic acids is 2. The average molecular weight is 313 g/mol. The Bertz CT molecular complexity index is 471. The summed E-state index contributed by atoms with van der Waals surface area (Å²) in [7, 11) is 0. The minimum atomic E-state index is -0.989. The van der Waals surface area contributed by atoms with Crippen LogP contribution >= 0.6 is 11.8 Å². The summed E-state index contributed by atoms with van der Waals surface area (Å²) in [6, 6.07) is 0. The van der Waals surface area contributed by atoms with Crippen molar-refractivity contribution < 1.29 is 19.4 Å². The highest BCUT2D eigenvalue weighted by Gasteiger charge is 2.68. The molecule has 6 heteroatoms. The summed E-state index contributed by atoms with van der Waals surface area (Å²) >= 11 is 1.59. The summed E-state index contributed by atoms with van der Waals surface area (Å²) in [5.41, 5.74) is 4.32. The molecule has 1 heterocycles. The summed E-state index contributed by atoms with van der Waals surface area (Å²) in [5.74, 6) is -0.193. The summed E-state index contributed by atoms with van der Waals surface area (Å²) in [6.07, 6.45) is 2.29. The second-order valence-electron chi connectivity index (χ2n) is 6.88. The van der Waals surface area contributed by atoms with E-state index in [-0.39, 0.29) is 35.1 Å². The van der Waals surface area contributed by atoms with Gasteiger partial charge in [-0.15, -0.1) is 0 Å². The first kappa shape index (κ1) is 15.2. The molecular weight excluding hydrogens is 290 g/mol.